The molecule has 112 valence electrons. The third-order valence-corrected chi connectivity index (χ3v) is 5.04. The fourth-order valence-corrected chi connectivity index (χ4v) is 3.75. The van der Waals surface area contributed by atoms with E-state index < -0.39 is 0 Å². The van der Waals surface area contributed by atoms with Gasteiger partial charge in [0.25, 0.3) is 0 Å². The van der Waals surface area contributed by atoms with Crippen LogP contribution < -0.4 is 0 Å². The van der Waals surface area contributed by atoms with Gasteiger partial charge < -0.3 is 9.67 Å². The average Bonchev–Trinajstić information content (AvgIpc) is 2.95. The van der Waals surface area contributed by atoms with Crippen molar-refractivity contribution in [3.63, 3.8) is 0 Å². The predicted molar refractivity (Wildman–Crippen MR) is 88.9 cm³/mol. The van der Waals surface area contributed by atoms with Crippen LogP contribution in [-0.2, 0) is 13.0 Å². The highest BCUT2D eigenvalue weighted by Crippen LogP contribution is 2.37. The molecular formula is C19H20N2O. The molecule has 0 aromatic heterocycles. The van der Waals surface area contributed by atoms with E-state index in [0.29, 0.717) is 5.92 Å². The number of para-hydroxylation sites is 1. The van der Waals surface area contributed by atoms with Crippen molar-refractivity contribution in [3.05, 3.63) is 54.9 Å². The molecule has 22 heavy (non-hydrogen) atoms. The van der Waals surface area contributed by atoms with Crippen molar-refractivity contribution in [1.82, 2.24) is 9.55 Å². The number of hydrogen-bond acceptors (Lipinski definition) is 2. The Balaban J connectivity index is 1.83. The molecule has 1 aromatic carbocycles. The van der Waals surface area contributed by atoms with Gasteiger partial charge in [-0.2, -0.15) is 0 Å². The predicted octanol–water partition coefficient (Wildman–Crippen LogP) is 3.50. The highest BCUT2D eigenvalue weighted by atomic mass is 16.3. The van der Waals surface area contributed by atoms with Crippen molar-refractivity contribution in [3.8, 4) is 11.3 Å². The van der Waals surface area contributed by atoms with E-state index in [-0.39, 0.29) is 12.5 Å². The molecule has 2 atom stereocenters. The molecule has 0 fully saturated rings. The summed E-state index contributed by atoms with van der Waals surface area (Å²) in [6.07, 6.45) is 6.12. The number of benzene rings is 1. The number of pyridine rings is 1. The maximum absolute atomic E-state index is 9.56. The second-order valence-electron chi connectivity index (χ2n) is 6.18. The number of fused-ring (bicyclic) bond motifs is 5. The zero-order valence-corrected chi connectivity index (χ0v) is 12.6. The van der Waals surface area contributed by atoms with E-state index in [2.05, 4.69) is 41.6 Å². The van der Waals surface area contributed by atoms with Crippen molar-refractivity contribution >= 4 is 10.9 Å². The summed E-state index contributed by atoms with van der Waals surface area (Å²) in [5.74, 6) is 0.626. The van der Waals surface area contributed by atoms with Crippen LogP contribution in [0.1, 0.15) is 12.1 Å². The summed E-state index contributed by atoms with van der Waals surface area (Å²) in [5.41, 5.74) is 4.72. The van der Waals surface area contributed by atoms with Gasteiger partial charge in [-0.25, -0.2) is 4.98 Å². The topological polar surface area (TPSA) is 38.0 Å². The largest absolute Gasteiger partial charge is 0.396 e. The number of aliphatic hydroxyl groups is 1. The van der Waals surface area contributed by atoms with Gasteiger partial charge in [-0.3, -0.25) is 0 Å². The van der Waals surface area contributed by atoms with Gasteiger partial charge in [0.15, 0.2) is 0 Å². The molecule has 0 spiro atoms. The molecule has 3 aliphatic rings. The van der Waals surface area contributed by atoms with Crippen molar-refractivity contribution < 1.29 is 5.11 Å². The third-order valence-electron chi connectivity index (χ3n) is 5.04. The lowest BCUT2D eigenvalue weighted by Crippen LogP contribution is -2.27. The maximum Gasteiger partial charge on any atom is 0.0911 e. The fourth-order valence-electron chi connectivity index (χ4n) is 3.75. The number of aliphatic hydroxyl groups excluding tert-OH is 1. The summed E-state index contributed by atoms with van der Waals surface area (Å²) in [5, 5.41) is 10.8. The Kier molecular flexibility index (Phi) is 3.23. The lowest BCUT2D eigenvalue weighted by Gasteiger charge is -2.31. The Labute approximate surface area is 130 Å². The SMILES string of the molecule is C=C[C@@H](CO)[C@H]1CCn2ccc3c4ccccc4nc-3c2C1. The zero-order valence-electron chi connectivity index (χ0n) is 12.6. The van der Waals surface area contributed by atoms with E-state index in [1.54, 1.807) is 0 Å². The lowest BCUT2D eigenvalue weighted by atomic mass is 9.83. The number of nitrogens with zero attached hydrogens (tertiary/aromatic N) is 2. The Morgan fingerprint density at radius 2 is 2.23 bits per heavy atom. The van der Waals surface area contributed by atoms with Gasteiger partial charge in [0, 0.05) is 41.9 Å². The summed E-state index contributed by atoms with van der Waals surface area (Å²) >= 11 is 0. The summed E-state index contributed by atoms with van der Waals surface area (Å²) in [6, 6.07) is 10.5. The lowest BCUT2D eigenvalue weighted by molar-refractivity contribution is 0.188. The fraction of sp³-hybridized carbons (Fsp3) is 0.316. The Bertz CT molecular complexity index is 804. The molecule has 0 bridgehead atoms. The smallest absolute Gasteiger partial charge is 0.0911 e. The third kappa shape index (κ3) is 1.97. The first kappa shape index (κ1) is 13.5. The molecule has 0 saturated carbocycles. The zero-order chi connectivity index (χ0) is 15.1. The second kappa shape index (κ2) is 5.25. The van der Waals surface area contributed by atoms with E-state index in [1.807, 2.05) is 12.1 Å². The molecule has 3 nitrogen and oxygen atoms in total. The van der Waals surface area contributed by atoms with Crippen LogP contribution in [0.5, 0.6) is 0 Å². The first-order chi connectivity index (χ1) is 10.8. The van der Waals surface area contributed by atoms with Gasteiger partial charge in [-0.15, -0.1) is 6.58 Å². The number of hydrogen-bond donors (Lipinski definition) is 1. The molecule has 0 unspecified atom stereocenters. The minimum atomic E-state index is 0.174. The van der Waals surface area contributed by atoms with Crippen LogP contribution in [0.15, 0.2) is 49.2 Å². The van der Waals surface area contributed by atoms with E-state index >= 15 is 0 Å². The summed E-state index contributed by atoms with van der Waals surface area (Å²) in [4.78, 5) is 4.86. The minimum Gasteiger partial charge on any atom is -0.396 e. The average molecular weight is 292 g/mol. The molecule has 1 aromatic rings. The van der Waals surface area contributed by atoms with Crippen molar-refractivity contribution in [2.24, 2.45) is 11.8 Å². The van der Waals surface area contributed by atoms with Gasteiger partial charge in [0.1, 0.15) is 0 Å². The highest BCUT2D eigenvalue weighted by Gasteiger charge is 2.27. The van der Waals surface area contributed by atoms with E-state index in [4.69, 9.17) is 4.98 Å². The summed E-state index contributed by atoms with van der Waals surface area (Å²) in [6.45, 7) is 5.05. The molecule has 0 radical (unpaired) electrons. The van der Waals surface area contributed by atoms with Crippen molar-refractivity contribution in [2.75, 3.05) is 6.61 Å². The number of aryl methyl sites for hydroxylation is 1. The summed E-state index contributed by atoms with van der Waals surface area (Å²) in [7, 11) is 0. The van der Waals surface area contributed by atoms with Crippen LogP contribution in [0.25, 0.3) is 22.2 Å². The quantitative estimate of drug-likeness (QED) is 0.750. The summed E-state index contributed by atoms with van der Waals surface area (Å²) < 4.78 is 2.32. The number of aromatic nitrogens is 2. The van der Waals surface area contributed by atoms with Gasteiger partial charge in [-0.05, 0) is 30.9 Å². The van der Waals surface area contributed by atoms with Crippen molar-refractivity contribution in [1.29, 1.82) is 0 Å². The molecule has 0 aliphatic carbocycles. The highest BCUT2D eigenvalue weighted by molar-refractivity contribution is 5.97. The molecule has 3 heterocycles. The second-order valence-corrected chi connectivity index (χ2v) is 6.18. The Morgan fingerprint density at radius 1 is 1.36 bits per heavy atom. The Hall–Kier alpha value is -2.13. The monoisotopic (exact) mass is 292 g/mol. The van der Waals surface area contributed by atoms with E-state index in [1.165, 1.54) is 16.6 Å². The normalized spacial score (nSPS) is 19.2. The number of rotatable bonds is 3. The van der Waals surface area contributed by atoms with Crippen LogP contribution >= 0.6 is 0 Å². The van der Waals surface area contributed by atoms with Crippen LogP contribution in [-0.4, -0.2) is 21.3 Å². The molecule has 3 heteroatoms. The molecule has 0 amide bonds. The maximum atomic E-state index is 9.56. The molecule has 3 aliphatic heterocycles. The molecular weight excluding hydrogens is 272 g/mol. The first-order valence-corrected chi connectivity index (χ1v) is 7.91. The molecule has 0 saturated heterocycles. The molecule has 4 rings (SSSR count). The van der Waals surface area contributed by atoms with Gasteiger partial charge >= 0.3 is 0 Å². The Morgan fingerprint density at radius 3 is 3.05 bits per heavy atom. The van der Waals surface area contributed by atoms with Crippen LogP contribution in [0.4, 0.5) is 0 Å². The van der Waals surface area contributed by atoms with Gasteiger partial charge in [0.2, 0.25) is 0 Å². The molecule has 1 N–H and O–H groups in total. The van der Waals surface area contributed by atoms with Gasteiger partial charge in [-0.1, -0.05) is 24.3 Å². The van der Waals surface area contributed by atoms with E-state index in [9.17, 15) is 5.11 Å². The van der Waals surface area contributed by atoms with Crippen molar-refractivity contribution in [2.45, 2.75) is 19.4 Å². The van der Waals surface area contributed by atoms with Gasteiger partial charge in [0.05, 0.1) is 11.2 Å². The van der Waals surface area contributed by atoms with Crippen LogP contribution in [0.2, 0.25) is 0 Å². The van der Waals surface area contributed by atoms with Crippen LogP contribution in [0, 0.1) is 11.8 Å². The minimum absolute atomic E-state index is 0.174. The standard InChI is InChI=1S/C19H20N2O/c1-2-13(12-22)14-7-9-21-10-8-16-15-5-3-4-6-17(15)20-19(16)18(21)11-14/h2-6,8,10,13-14,22H,1,7,9,11-12H2/t13-,14-/m0/s1. The first-order valence-electron chi connectivity index (χ1n) is 7.91. The van der Waals surface area contributed by atoms with Crippen LogP contribution in [0.3, 0.4) is 0 Å². The van der Waals surface area contributed by atoms with E-state index in [0.717, 1.165) is 30.6 Å².